The Hall–Kier alpha value is -2.19. The van der Waals surface area contributed by atoms with Crippen molar-refractivity contribution in [3.05, 3.63) is 46.0 Å². The second kappa shape index (κ2) is 10.7. The Kier molecular flexibility index (Phi) is 7.44. The lowest BCUT2D eigenvalue weighted by Gasteiger charge is -2.60. The van der Waals surface area contributed by atoms with E-state index in [1.807, 2.05) is 12.1 Å². The fourth-order valence-electron chi connectivity index (χ4n) is 11.4. The van der Waals surface area contributed by atoms with E-state index in [0.717, 1.165) is 49.4 Å². The number of halogens is 1. The molecule has 1 aromatic carbocycles. The second-order valence-electron chi connectivity index (χ2n) is 16.1. The highest BCUT2D eigenvalue weighted by Crippen LogP contribution is 2.70. The molecule has 6 aliphatic rings. The van der Waals surface area contributed by atoms with Crippen LogP contribution in [-0.4, -0.2) is 46.9 Å². The highest BCUT2D eigenvalue weighted by atomic mass is 79.9. The van der Waals surface area contributed by atoms with Gasteiger partial charge in [0.1, 0.15) is 18.3 Å². The van der Waals surface area contributed by atoms with Crippen LogP contribution in [-0.2, 0) is 23.8 Å². The van der Waals surface area contributed by atoms with Gasteiger partial charge in [0.2, 0.25) is 0 Å². The summed E-state index contributed by atoms with van der Waals surface area (Å²) in [5.74, 6) is 1.00. The molecule has 0 aromatic heterocycles. The summed E-state index contributed by atoms with van der Waals surface area (Å²) in [6, 6.07) is 7.18. The number of hydrogen-bond acceptors (Lipinski definition) is 7. The molecule has 0 spiro atoms. The van der Waals surface area contributed by atoms with Crippen LogP contribution in [0, 0.1) is 45.8 Å². The molecular weight excluding hydrogens is 636 g/mol. The lowest BCUT2D eigenvalue weighted by molar-refractivity contribution is -0.194. The molecule has 4 saturated carbocycles. The number of aliphatic hydroxyl groups is 1. The number of ether oxygens (including phenoxy) is 3. The van der Waals surface area contributed by atoms with Crippen molar-refractivity contribution >= 4 is 33.8 Å². The fourth-order valence-corrected chi connectivity index (χ4v) is 11.7. The molecule has 12 atom stereocenters. The van der Waals surface area contributed by atoms with Crippen molar-refractivity contribution in [3.63, 3.8) is 0 Å². The van der Waals surface area contributed by atoms with Gasteiger partial charge in [0.25, 0.3) is 0 Å². The number of esters is 3. The van der Waals surface area contributed by atoms with Crippen molar-refractivity contribution < 1.29 is 33.7 Å². The molecule has 5 fully saturated rings. The van der Waals surface area contributed by atoms with E-state index < -0.39 is 17.0 Å². The molecule has 5 aliphatic carbocycles. The molecule has 0 unspecified atom stereocenters. The van der Waals surface area contributed by atoms with Crippen LogP contribution in [0.25, 0.3) is 0 Å². The summed E-state index contributed by atoms with van der Waals surface area (Å²) in [7, 11) is 0. The minimum absolute atomic E-state index is 0.111. The molecule has 1 heterocycles. The maximum absolute atomic E-state index is 13.1. The third kappa shape index (κ3) is 4.69. The van der Waals surface area contributed by atoms with Crippen LogP contribution in [0.4, 0.5) is 0 Å². The number of hydrogen-bond donors (Lipinski definition) is 1. The van der Waals surface area contributed by atoms with Crippen LogP contribution in [0.3, 0.4) is 0 Å². The van der Waals surface area contributed by atoms with E-state index >= 15 is 0 Å². The minimum Gasteiger partial charge on any atom is -0.461 e. The lowest BCUT2D eigenvalue weighted by Crippen LogP contribution is -2.57. The van der Waals surface area contributed by atoms with Crippen molar-refractivity contribution in [2.75, 3.05) is 0 Å². The number of benzene rings is 1. The first-order valence-corrected chi connectivity index (χ1v) is 17.7. The minimum atomic E-state index is -1.44. The predicted octanol–water partition coefficient (Wildman–Crippen LogP) is 7.19. The van der Waals surface area contributed by atoms with Crippen LogP contribution in [0.1, 0.15) is 103 Å². The van der Waals surface area contributed by atoms with E-state index in [-0.39, 0.29) is 47.0 Å². The molecule has 1 saturated heterocycles. The predicted molar refractivity (Wildman–Crippen MR) is 171 cm³/mol. The highest BCUT2D eigenvalue weighted by Gasteiger charge is 2.67. The van der Waals surface area contributed by atoms with Gasteiger partial charge in [-0.2, -0.15) is 0 Å². The molecule has 244 valence electrons. The summed E-state index contributed by atoms with van der Waals surface area (Å²) in [5.41, 5.74) is -0.288. The van der Waals surface area contributed by atoms with Gasteiger partial charge in [0.15, 0.2) is 5.60 Å². The summed E-state index contributed by atoms with van der Waals surface area (Å²) in [4.78, 5) is 38.3. The molecule has 7 nitrogen and oxygen atoms in total. The molecule has 2 bridgehead atoms. The van der Waals surface area contributed by atoms with Gasteiger partial charge < -0.3 is 19.3 Å². The van der Waals surface area contributed by atoms with Gasteiger partial charge in [0.05, 0.1) is 5.56 Å². The number of carbonyl (C=O) groups is 3. The first-order valence-electron chi connectivity index (χ1n) is 16.9. The van der Waals surface area contributed by atoms with Gasteiger partial charge >= 0.3 is 17.9 Å². The Morgan fingerprint density at radius 2 is 1.64 bits per heavy atom. The Morgan fingerprint density at radius 3 is 2.33 bits per heavy atom. The van der Waals surface area contributed by atoms with E-state index in [9.17, 15) is 19.5 Å². The average molecular weight is 684 g/mol. The molecule has 1 aromatic rings. The molecule has 0 radical (unpaired) electrons. The number of fused-ring (bicyclic) bond motifs is 7. The third-order valence-corrected chi connectivity index (χ3v) is 14.6. The van der Waals surface area contributed by atoms with E-state index in [4.69, 9.17) is 14.2 Å². The van der Waals surface area contributed by atoms with Crippen LogP contribution in [0.15, 0.2) is 40.4 Å². The number of allylic oxidation sites excluding steroid dienone is 1. The molecule has 7 rings (SSSR count). The van der Waals surface area contributed by atoms with Gasteiger partial charge in [-0.1, -0.05) is 48.4 Å². The highest BCUT2D eigenvalue weighted by molar-refractivity contribution is 9.10. The summed E-state index contributed by atoms with van der Waals surface area (Å²) in [6.45, 7) is 9.98. The maximum atomic E-state index is 13.1. The standard InChI is InChI=1S/C37H47BrO7/c1-20(39)43-31-17-24(44-32(40)21-6-9-23(38)10-7-21)16-22-8-11-25-27-12-13-28(35(27,3)15-14-29(25)36(22,31)4)26-18-34(2)19-30(26)45-33(41)37(34,5)42/h6-10,24-31,42H,11-19H2,1-5H3/t24-,25-,26-,27+,28-,29-,30-,31-,34-,35-,36+,37+/m1/s1. The summed E-state index contributed by atoms with van der Waals surface area (Å²) >= 11 is 3.42. The van der Waals surface area contributed by atoms with Crippen molar-refractivity contribution in [2.24, 2.45) is 45.8 Å². The van der Waals surface area contributed by atoms with Crippen LogP contribution >= 0.6 is 15.9 Å². The first-order chi connectivity index (χ1) is 21.2. The summed E-state index contributed by atoms with van der Waals surface area (Å²) in [6.07, 6.45) is 9.69. The van der Waals surface area contributed by atoms with Crippen molar-refractivity contribution in [1.82, 2.24) is 0 Å². The zero-order valence-electron chi connectivity index (χ0n) is 27.1. The third-order valence-electron chi connectivity index (χ3n) is 14.0. The quantitative estimate of drug-likeness (QED) is 0.204. The van der Waals surface area contributed by atoms with E-state index in [2.05, 4.69) is 42.8 Å². The van der Waals surface area contributed by atoms with Gasteiger partial charge in [-0.05, 0) is 111 Å². The average Bonchev–Trinajstić information content (AvgIpc) is 3.48. The molecule has 1 N–H and O–H groups in total. The Labute approximate surface area is 275 Å². The van der Waals surface area contributed by atoms with Gasteiger partial charge in [-0.15, -0.1) is 0 Å². The Bertz CT molecular complexity index is 1430. The summed E-state index contributed by atoms with van der Waals surface area (Å²) < 4.78 is 19.0. The Morgan fingerprint density at radius 1 is 0.956 bits per heavy atom. The van der Waals surface area contributed by atoms with E-state index in [1.165, 1.54) is 12.5 Å². The van der Waals surface area contributed by atoms with Gasteiger partial charge in [-0.3, -0.25) is 4.79 Å². The maximum Gasteiger partial charge on any atom is 0.338 e. The zero-order chi connectivity index (χ0) is 32.1. The van der Waals surface area contributed by atoms with Crippen molar-refractivity contribution in [2.45, 2.75) is 116 Å². The molecule has 45 heavy (non-hydrogen) atoms. The van der Waals surface area contributed by atoms with Crippen LogP contribution < -0.4 is 0 Å². The van der Waals surface area contributed by atoms with Crippen LogP contribution in [0.5, 0.6) is 0 Å². The van der Waals surface area contributed by atoms with Crippen molar-refractivity contribution in [1.29, 1.82) is 0 Å². The topological polar surface area (TPSA) is 99.1 Å². The monoisotopic (exact) mass is 682 g/mol. The molecular formula is C37H47BrO7. The SMILES string of the molecule is CC(=O)O[C@@H]1C[C@H](OC(=O)c2ccc(Br)cc2)CC2=CC[C@H]3[C@@H](CC[C@@]4(C)[C@@H]([C@H]5C[C@]6(C)C[C@H]5OC(=O)[C@]6(C)O)CC[C@@H]34)[C@]21C. The van der Waals surface area contributed by atoms with Crippen LogP contribution in [0.2, 0.25) is 0 Å². The molecule has 1 aliphatic heterocycles. The largest absolute Gasteiger partial charge is 0.461 e. The lowest BCUT2D eigenvalue weighted by atomic mass is 9.46. The smallest absolute Gasteiger partial charge is 0.338 e. The normalized spacial score (nSPS) is 46.6. The van der Waals surface area contributed by atoms with E-state index in [0.29, 0.717) is 42.1 Å². The number of carbonyl (C=O) groups excluding carboxylic acids is 3. The Balaban J connectivity index is 1.13. The first kappa shape index (κ1) is 31.4. The summed E-state index contributed by atoms with van der Waals surface area (Å²) in [5, 5.41) is 11.1. The van der Waals surface area contributed by atoms with E-state index in [1.54, 1.807) is 19.1 Å². The van der Waals surface area contributed by atoms with Gasteiger partial charge in [-0.25, -0.2) is 9.59 Å². The fraction of sp³-hybridized carbons (Fsp3) is 0.703. The number of rotatable bonds is 4. The molecule has 0 amide bonds. The second-order valence-corrected chi connectivity index (χ2v) is 17.0. The molecule has 8 heteroatoms. The van der Waals surface area contributed by atoms with Gasteiger partial charge in [0, 0.05) is 35.1 Å². The zero-order valence-corrected chi connectivity index (χ0v) is 28.7. The van der Waals surface area contributed by atoms with Crippen molar-refractivity contribution in [3.8, 4) is 0 Å².